The Hall–Kier alpha value is -1.33. The number of nitrogens with zero attached hydrogens (tertiary/aromatic N) is 5. The summed E-state index contributed by atoms with van der Waals surface area (Å²) in [6.45, 7) is 10.2. The number of anilines is 1. The van der Waals surface area contributed by atoms with E-state index in [4.69, 9.17) is 11.6 Å². The monoisotopic (exact) mass is 661 g/mol. The molecule has 10 heteroatoms. The standard InChI is InChI=1S/C34H52ClN5O2S2/c1-28-24-38(43-39-22-17-30-23-32(35)12-11-31(30)27-39)20-7-18-37(26-29-9-5-4-6-10-29)19-8-21-40(25-28)44(41,42)34-15-13-33(14-16-34)36(2)3/h11-16,23,28-29H,4-10,17-22,24-27H2,1-3H3. The lowest BCUT2D eigenvalue weighted by molar-refractivity contribution is 0.182. The van der Waals surface area contributed by atoms with Crippen LogP contribution < -0.4 is 4.90 Å². The highest BCUT2D eigenvalue weighted by Crippen LogP contribution is 2.30. The van der Waals surface area contributed by atoms with Crippen LogP contribution in [0.15, 0.2) is 47.4 Å². The molecule has 5 rings (SSSR count). The summed E-state index contributed by atoms with van der Waals surface area (Å²) < 4.78 is 34.8. The maximum absolute atomic E-state index is 14.0. The summed E-state index contributed by atoms with van der Waals surface area (Å²) in [5.74, 6) is 0.978. The van der Waals surface area contributed by atoms with Crippen molar-refractivity contribution < 1.29 is 8.42 Å². The molecule has 0 amide bonds. The Bertz CT molecular complexity index is 1300. The highest BCUT2D eigenvalue weighted by atomic mass is 35.5. The molecule has 1 saturated heterocycles. The average molecular weight is 662 g/mol. The van der Waals surface area contributed by atoms with E-state index in [0.29, 0.717) is 18.0 Å². The average Bonchev–Trinajstić information content (AvgIpc) is 3.00. The maximum Gasteiger partial charge on any atom is 0.243 e. The topological polar surface area (TPSA) is 50.3 Å². The van der Waals surface area contributed by atoms with E-state index in [2.05, 4.69) is 32.6 Å². The van der Waals surface area contributed by atoms with Crippen LogP contribution in [0.4, 0.5) is 5.69 Å². The Morgan fingerprint density at radius 3 is 2.30 bits per heavy atom. The van der Waals surface area contributed by atoms with Crippen LogP contribution in [0, 0.1) is 11.8 Å². The molecule has 0 N–H and O–H groups in total. The first-order chi connectivity index (χ1) is 21.2. The second kappa shape index (κ2) is 16.0. The molecule has 1 saturated carbocycles. The van der Waals surface area contributed by atoms with Gasteiger partial charge in [-0.2, -0.15) is 4.31 Å². The first-order valence-corrected chi connectivity index (χ1v) is 19.2. The summed E-state index contributed by atoms with van der Waals surface area (Å²) in [4.78, 5) is 5.03. The highest BCUT2D eigenvalue weighted by molar-refractivity contribution is 7.94. The third-order valence-corrected chi connectivity index (χ3v) is 12.6. The van der Waals surface area contributed by atoms with E-state index in [1.165, 1.54) is 43.2 Å². The molecule has 2 fully saturated rings. The van der Waals surface area contributed by atoms with E-state index in [9.17, 15) is 8.42 Å². The lowest BCUT2D eigenvalue weighted by atomic mass is 9.89. The van der Waals surface area contributed by atoms with Gasteiger partial charge in [-0.15, -0.1) is 0 Å². The summed E-state index contributed by atoms with van der Waals surface area (Å²) in [7, 11) is 0.347. The van der Waals surface area contributed by atoms with Gasteiger partial charge in [0, 0.05) is 82.8 Å². The molecule has 44 heavy (non-hydrogen) atoms. The molecule has 2 aliphatic heterocycles. The van der Waals surface area contributed by atoms with Crippen molar-refractivity contribution in [2.24, 2.45) is 11.8 Å². The molecule has 2 aromatic carbocycles. The fourth-order valence-electron chi connectivity index (χ4n) is 6.99. The van der Waals surface area contributed by atoms with E-state index in [1.54, 1.807) is 16.4 Å². The molecule has 2 heterocycles. The van der Waals surface area contributed by atoms with Gasteiger partial charge < -0.3 is 9.80 Å². The summed E-state index contributed by atoms with van der Waals surface area (Å²) in [6, 6.07) is 13.6. The summed E-state index contributed by atoms with van der Waals surface area (Å²) in [6.07, 6.45) is 9.74. The summed E-state index contributed by atoms with van der Waals surface area (Å²) in [5, 5.41) is 0.813. The van der Waals surface area contributed by atoms with Crippen LogP contribution in [0.3, 0.4) is 0 Å². The molecule has 2 aromatic rings. The molecule has 0 aromatic heterocycles. The Morgan fingerprint density at radius 2 is 1.57 bits per heavy atom. The molecular formula is C34H52ClN5O2S2. The molecule has 1 atom stereocenters. The van der Waals surface area contributed by atoms with Gasteiger partial charge in [0.1, 0.15) is 0 Å². The minimum atomic E-state index is -3.60. The first kappa shape index (κ1) is 34.0. The van der Waals surface area contributed by atoms with Gasteiger partial charge in [0.15, 0.2) is 0 Å². The molecule has 0 bridgehead atoms. The smallest absolute Gasteiger partial charge is 0.243 e. The van der Waals surface area contributed by atoms with Crippen LogP contribution in [-0.2, 0) is 23.0 Å². The minimum absolute atomic E-state index is 0.201. The van der Waals surface area contributed by atoms with Gasteiger partial charge in [-0.25, -0.2) is 17.0 Å². The third kappa shape index (κ3) is 9.36. The van der Waals surface area contributed by atoms with Gasteiger partial charge in [-0.3, -0.25) is 0 Å². The SMILES string of the molecule is CC1CN(SN2CCc3cc(Cl)ccc3C2)CCCN(CC2CCCCC2)CCCN(S(=O)(=O)c2ccc(N(C)C)cc2)C1. The quantitative estimate of drug-likeness (QED) is 0.309. The first-order valence-electron chi connectivity index (χ1n) is 16.6. The van der Waals surface area contributed by atoms with Crippen molar-refractivity contribution in [2.45, 2.75) is 69.7 Å². The number of fused-ring (bicyclic) bond motifs is 1. The van der Waals surface area contributed by atoms with E-state index in [1.807, 2.05) is 49.3 Å². The number of hydrogen-bond acceptors (Lipinski definition) is 7. The van der Waals surface area contributed by atoms with Gasteiger partial charge in [0.25, 0.3) is 0 Å². The molecule has 7 nitrogen and oxygen atoms in total. The van der Waals surface area contributed by atoms with Crippen LogP contribution in [0.2, 0.25) is 5.02 Å². The molecule has 1 aliphatic carbocycles. The molecule has 0 spiro atoms. The Balaban J connectivity index is 1.31. The second-order valence-corrected chi connectivity index (χ2v) is 16.9. The van der Waals surface area contributed by atoms with Crippen molar-refractivity contribution in [3.05, 3.63) is 58.6 Å². The highest BCUT2D eigenvalue weighted by Gasteiger charge is 2.29. The van der Waals surface area contributed by atoms with Gasteiger partial charge >= 0.3 is 0 Å². The molecule has 0 radical (unpaired) electrons. The van der Waals surface area contributed by atoms with E-state index in [-0.39, 0.29) is 5.92 Å². The zero-order chi connectivity index (χ0) is 31.1. The lowest BCUT2D eigenvalue weighted by Crippen LogP contribution is -2.42. The van der Waals surface area contributed by atoms with Crippen LogP contribution in [0.1, 0.15) is 63.0 Å². The fraction of sp³-hybridized carbons (Fsp3) is 0.647. The zero-order valence-corrected chi connectivity index (χ0v) is 29.4. The molecule has 1 unspecified atom stereocenters. The number of sulfonamides is 1. The fourth-order valence-corrected chi connectivity index (χ4v) is 10.0. The van der Waals surface area contributed by atoms with Gasteiger partial charge in [0.2, 0.25) is 10.0 Å². The van der Waals surface area contributed by atoms with Crippen LogP contribution >= 0.6 is 23.7 Å². The van der Waals surface area contributed by atoms with Crippen molar-refractivity contribution >= 4 is 39.4 Å². The second-order valence-electron chi connectivity index (χ2n) is 13.4. The van der Waals surface area contributed by atoms with Crippen molar-refractivity contribution in [1.29, 1.82) is 0 Å². The summed E-state index contributed by atoms with van der Waals surface area (Å²) in [5.41, 5.74) is 3.71. The van der Waals surface area contributed by atoms with E-state index in [0.717, 1.165) is 81.7 Å². The van der Waals surface area contributed by atoms with Crippen LogP contribution in [0.5, 0.6) is 0 Å². The molecule has 3 aliphatic rings. The minimum Gasteiger partial charge on any atom is -0.378 e. The molecular weight excluding hydrogens is 610 g/mol. The largest absolute Gasteiger partial charge is 0.378 e. The molecule has 244 valence electrons. The van der Waals surface area contributed by atoms with Crippen LogP contribution in [-0.4, -0.2) is 92.7 Å². The normalized spacial score (nSPS) is 23.0. The number of hydrogen-bond donors (Lipinski definition) is 0. The predicted molar refractivity (Wildman–Crippen MR) is 186 cm³/mol. The Morgan fingerprint density at radius 1 is 0.841 bits per heavy atom. The van der Waals surface area contributed by atoms with Crippen LogP contribution in [0.25, 0.3) is 0 Å². The Labute approximate surface area is 276 Å². The van der Waals surface area contributed by atoms with E-state index < -0.39 is 10.0 Å². The number of benzene rings is 2. The third-order valence-electron chi connectivity index (χ3n) is 9.40. The van der Waals surface area contributed by atoms with Crippen molar-refractivity contribution in [3.63, 3.8) is 0 Å². The van der Waals surface area contributed by atoms with Crippen molar-refractivity contribution in [1.82, 2.24) is 17.8 Å². The lowest BCUT2D eigenvalue weighted by Gasteiger charge is -2.36. The predicted octanol–water partition coefficient (Wildman–Crippen LogP) is 6.63. The van der Waals surface area contributed by atoms with Crippen molar-refractivity contribution in [3.8, 4) is 0 Å². The maximum atomic E-state index is 14.0. The summed E-state index contributed by atoms with van der Waals surface area (Å²) >= 11 is 8.12. The number of halogens is 1. The number of rotatable bonds is 7. The Kier molecular flexibility index (Phi) is 12.4. The zero-order valence-electron chi connectivity index (χ0n) is 27.0. The van der Waals surface area contributed by atoms with Gasteiger partial charge in [-0.1, -0.05) is 43.9 Å². The van der Waals surface area contributed by atoms with Gasteiger partial charge in [-0.05, 0) is 105 Å². The van der Waals surface area contributed by atoms with Crippen molar-refractivity contribution in [2.75, 3.05) is 71.4 Å². The van der Waals surface area contributed by atoms with E-state index >= 15 is 0 Å². The van der Waals surface area contributed by atoms with Gasteiger partial charge in [0.05, 0.1) is 4.90 Å².